The van der Waals surface area contributed by atoms with Gasteiger partial charge < -0.3 is 10.6 Å². The number of carbonyl (C=O) groups excluding carboxylic acids is 1. The summed E-state index contributed by atoms with van der Waals surface area (Å²) in [6.45, 7) is 3.73. The van der Waals surface area contributed by atoms with Crippen LogP contribution in [0.15, 0.2) is 11.6 Å². The third-order valence-corrected chi connectivity index (χ3v) is 1.69. The molecule has 0 aliphatic rings. The van der Waals surface area contributed by atoms with Crippen molar-refractivity contribution in [2.75, 3.05) is 14.1 Å². The van der Waals surface area contributed by atoms with E-state index in [9.17, 15) is 4.79 Å². The maximum Gasteiger partial charge on any atom is 0.244 e. The number of primary amides is 1. The smallest absolute Gasteiger partial charge is 0.244 e. The molecule has 1 amide bonds. The van der Waals surface area contributed by atoms with Crippen molar-refractivity contribution in [3.8, 4) is 0 Å². The largest absolute Gasteiger partial charge is 0.366 e. The minimum atomic E-state index is -0.348. The number of hydrogen-bond acceptors (Lipinski definition) is 2. The minimum Gasteiger partial charge on any atom is -0.366 e. The van der Waals surface area contributed by atoms with E-state index in [2.05, 4.69) is 0 Å². The molecule has 0 radical (unpaired) electrons. The van der Waals surface area contributed by atoms with Gasteiger partial charge in [-0.15, -0.1) is 0 Å². The number of likely N-dealkylation sites (N-methyl/N-ethyl adjacent to an activating group) is 1. The van der Waals surface area contributed by atoms with Gasteiger partial charge >= 0.3 is 0 Å². The second-order valence-electron chi connectivity index (χ2n) is 2.92. The fourth-order valence-electron chi connectivity index (χ4n) is 0.593. The molecule has 0 aliphatic heterocycles. The lowest BCUT2D eigenvalue weighted by atomic mass is 10.2. The molecule has 0 heterocycles. The van der Waals surface area contributed by atoms with Crippen LogP contribution in [0.5, 0.6) is 0 Å². The predicted octanol–water partition coefficient (Wildman–Crippen LogP) is 0.368. The highest BCUT2D eigenvalue weighted by atomic mass is 16.1. The maximum atomic E-state index is 10.6. The number of nitrogens with two attached hydrogens (primary N) is 1. The highest BCUT2D eigenvalue weighted by Gasteiger charge is 2.03. The second-order valence-corrected chi connectivity index (χ2v) is 2.92. The number of hydrogen-bond donors (Lipinski definition) is 1. The topological polar surface area (TPSA) is 46.3 Å². The maximum absolute atomic E-state index is 10.6. The Kier molecular flexibility index (Phi) is 3.82. The summed E-state index contributed by atoms with van der Waals surface area (Å²) in [5.41, 5.74) is 5.68. The lowest BCUT2D eigenvalue weighted by Crippen LogP contribution is -2.24. The summed E-state index contributed by atoms with van der Waals surface area (Å²) in [7, 11) is 3.91. The fraction of sp³-hybridized carbons (Fsp3) is 0.625. The SMILES string of the molecule is CC(=CC(C)N(C)C)C(N)=O. The van der Waals surface area contributed by atoms with Gasteiger partial charge in [-0.25, -0.2) is 0 Å². The molecule has 0 fully saturated rings. The van der Waals surface area contributed by atoms with Gasteiger partial charge in [0.25, 0.3) is 0 Å². The molecule has 2 N–H and O–H groups in total. The van der Waals surface area contributed by atoms with Crippen LogP contribution in [0.25, 0.3) is 0 Å². The molecular weight excluding hydrogens is 140 g/mol. The molecule has 0 saturated carbocycles. The Hall–Kier alpha value is -0.830. The van der Waals surface area contributed by atoms with E-state index in [1.54, 1.807) is 6.92 Å². The van der Waals surface area contributed by atoms with E-state index in [-0.39, 0.29) is 11.9 Å². The number of amides is 1. The number of rotatable bonds is 3. The van der Waals surface area contributed by atoms with Gasteiger partial charge in [-0.05, 0) is 27.9 Å². The van der Waals surface area contributed by atoms with Crippen molar-refractivity contribution in [2.24, 2.45) is 5.73 Å². The van der Waals surface area contributed by atoms with Crippen molar-refractivity contribution in [1.82, 2.24) is 4.90 Å². The molecule has 0 rings (SSSR count). The summed E-state index contributed by atoms with van der Waals surface area (Å²) in [4.78, 5) is 12.6. The molecule has 0 aromatic heterocycles. The lowest BCUT2D eigenvalue weighted by Gasteiger charge is -2.15. The Balaban J connectivity index is 4.19. The molecule has 1 unspecified atom stereocenters. The van der Waals surface area contributed by atoms with Crippen LogP contribution in [-0.4, -0.2) is 30.9 Å². The molecule has 3 heteroatoms. The van der Waals surface area contributed by atoms with Crippen LogP contribution in [0.2, 0.25) is 0 Å². The number of carbonyl (C=O) groups is 1. The molecule has 0 bridgehead atoms. The van der Waals surface area contributed by atoms with Crippen LogP contribution < -0.4 is 5.73 Å². The predicted molar refractivity (Wildman–Crippen MR) is 46.1 cm³/mol. The van der Waals surface area contributed by atoms with Crippen LogP contribution in [0.3, 0.4) is 0 Å². The summed E-state index contributed by atoms with van der Waals surface area (Å²) in [6.07, 6.45) is 1.85. The first-order chi connectivity index (χ1) is 4.95. The van der Waals surface area contributed by atoms with Gasteiger partial charge in [0.05, 0.1) is 0 Å². The van der Waals surface area contributed by atoms with E-state index in [1.165, 1.54) is 0 Å². The summed E-state index contributed by atoms with van der Waals surface area (Å²) >= 11 is 0. The van der Waals surface area contributed by atoms with Crippen molar-refractivity contribution in [1.29, 1.82) is 0 Å². The molecule has 0 spiro atoms. The van der Waals surface area contributed by atoms with E-state index >= 15 is 0 Å². The first-order valence-corrected chi connectivity index (χ1v) is 3.59. The first-order valence-electron chi connectivity index (χ1n) is 3.59. The molecule has 1 atom stereocenters. The monoisotopic (exact) mass is 156 g/mol. The molecule has 0 aromatic rings. The summed E-state index contributed by atoms with van der Waals surface area (Å²) in [5.74, 6) is -0.348. The Morgan fingerprint density at radius 1 is 1.55 bits per heavy atom. The average molecular weight is 156 g/mol. The van der Waals surface area contributed by atoms with Crippen molar-refractivity contribution >= 4 is 5.91 Å². The zero-order valence-electron chi connectivity index (χ0n) is 7.59. The van der Waals surface area contributed by atoms with E-state index in [0.717, 1.165) is 0 Å². The van der Waals surface area contributed by atoms with Gasteiger partial charge in [0.2, 0.25) is 5.91 Å². The van der Waals surface area contributed by atoms with Gasteiger partial charge in [0.15, 0.2) is 0 Å². The summed E-state index contributed by atoms with van der Waals surface area (Å²) in [5, 5.41) is 0. The highest BCUT2D eigenvalue weighted by molar-refractivity contribution is 5.91. The zero-order valence-corrected chi connectivity index (χ0v) is 7.59. The standard InChI is InChI=1S/C8H16N2O/c1-6(8(9)11)5-7(2)10(3)4/h5,7H,1-4H3,(H2,9,11). The van der Waals surface area contributed by atoms with Crippen molar-refractivity contribution in [2.45, 2.75) is 19.9 Å². The van der Waals surface area contributed by atoms with Gasteiger partial charge in [0.1, 0.15) is 0 Å². The second kappa shape index (κ2) is 4.13. The quantitative estimate of drug-likeness (QED) is 0.600. The zero-order chi connectivity index (χ0) is 9.02. The summed E-state index contributed by atoms with van der Waals surface area (Å²) in [6, 6.07) is 0.252. The normalized spacial score (nSPS) is 15.2. The highest BCUT2D eigenvalue weighted by Crippen LogP contribution is 1.98. The lowest BCUT2D eigenvalue weighted by molar-refractivity contribution is -0.114. The molecule has 64 valence electrons. The van der Waals surface area contributed by atoms with Crippen LogP contribution >= 0.6 is 0 Å². The molecular formula is C8H16N2O. The van der Waals surface area contributed by atoms with Crippen LogP contribution in [0, 0.1) is 0 Å². The van der Waals surface area contributed by atoms with E-state index in [1.807, 2.05) is 32.0 Å². The molecule has 3 nitrogen and oxygen atoms in total. The molecule has 0 saturated heterocycles. The van der Waals surface area contributed by atoms with Gasteiger partial charge in [-0.1, -0.05) is 6.08 Å². The van der Waals surface area contributed by atoms with Gasteiger partial charge in [0, 0.05) is 11.6 Å². The Labute approximate surface area is 67.9 Å². The molecule has 11 heavy (non-hydrogen) atoms. The minimum absolute atomic E-state index is 0.252. The van der Waals surface area contributed by atoms with Crippen LogP contribution in [0.4, 0.5) is 0 Å². The van der Waals surface area contributed by atoms with Crippen LogP contribution in [-0.2, 0) is 4.79 Å². The van der Waals surface area contributed by atoms with Crippen molar-refractivity contribution in [3.63, 3.8) is 0 Å². The van der Waals surface area contributed by atoms with Crippen molar-refractivity contribution in [3.05, 3.63) is 11.6 Å². The van der Waals surface area contributed by atoms with E-state index < -0.39 is 0 Å². The Morgan fingerprint density at radius 3 is 2.27 bits per heavy atom. The molecule has 0 aromatic carbocycles. The first kappa shape index (κ1) is 10.2. The Bertz CT molecular complexity index is 173. The van der Waals surface area contributed by atoms with Gasteiger partial charge in [-0.2, -0.15) is 0 Å². The fourth-order valence-corrected chi connectivity index (χ4v) is 0.593. The summed E-state index contributed by atoms with van der Waals surface area (Å²) < 4.78 is 0. The Morgan fingerprint density at radius 2 is 2.00 bits per heavy atom. The van der Waals surface area contributed by atoms with Crippen LogP contribution in [0.1, 0.15) is 13.8 Å². The third kappa shape index (κ3) is 3.78. The van der Waals surface area contributed by atoms with E-state index in [0.29, 0.717) is 5.57 Å². The van der Waals surface area contributed by atoms with E-state index in [4.69, 9.17) is 5.73 Å². The average Bonchev–Trinajstić information content (AvgIpc) is 1.87. The van der Waals surface area contributed by atoms with Gasteiger partial charge in [-0.3, -0.25) is 4.79 Å². The number of nitrogens with zero attached hydrogens (tertiary/aromatic N) is 1. The van der Waals surface area contributed by atoms with Crippen molar-refractivity contribution < 1.29 is 4.79 Å². The molecule has 0 aliphatic carbocycles. The third-order valence-electron chi connectivity index (χ3n) is 1.69.